The van der Waals surface area contributed by atoms with Gasteiger partial charge in [-0.2, -0.15) is 0 Å². The van der Waals surface area contributed by atoms with E-state index >= 15 is 0 Å². The van der Waals surface area contributed by atoms with Gasteiger partial charge < -0.3 is 11.5 Å². The smallest absolute Gasteiger partial charge is 0.0514 e. The summed E-state index contributed by atoms with van der Waals surface area (Å²) in [5.41, 5.74) is 14.7. The number of hydrogen-bond acceptors (Lipinski definition) is 2. The number of rotatable bonds is 3. The van der Waals surface area contributed by atoms with Crippen LogP contribution in [0.4, 0.5) is 0 Å². The maximum atomic E-state index is 6.44. The Kier molecular flexibility index (Phi) is 7.18. The molecule has 2 unspecified atom stereocenters. The van der Waals surface area contributed by atoms with E-state index in [0.717, 1.165) is 38.0 Å². The van der Waals surface area contributed by atoms with Crippen molar-refractivity contribution in [1.82, 2.24) is 0 Å². The molecule has 0 aliphatic rings. The zero-order valence-electron chi connectivity index (χ0n) is 10.9. The summed E-state index contributed by atoms with van der Waals surface area (Å²) in [7, 11) is 0. The molecule has 8 heteroatoms. The lowest BCUT2D eigenvalue weighted by Crippen LogP contribution is -2.28. The van der Waals surface area contributed by atoms with Crippen molar-refractivity contribution >= 4 is 95.6 Å². The molecule has 0 aliphatic carbocycles. The van der Waals surface area contributed by atoms with Crippen molar-refractivity contribution in [2.45, 2.75) is 12.1 Å². The van der Waals surface area contributed by atoms with Gasteiger partial charge in [0.1, 0.15) is 0 Å². The lowest BCUT2D eigenvalue weighted by atomic mass is 9.95. The topological polar surface area (TPSA) is 52.0 Å². The number of hydrogen-bond donors (Lipinski definition) is 2. The third-order valence-electron chi connectivity index (χ3n) is 3.14. The standard InChI is InChI=1S/C14H10Br6N2/c15-5-1-7(17)11(8(18)2-5)13(21)14(22)12-9(19)3-6(16)4-10(12)20/h1-4,13-14H,21-22H2. The minimum Gasteiger partial charge on any atom is -0.322 e. The van der Waals surface area contributed by atoms with E-state index in [4.69, 9.17) is 11.5 Å². The normalized spacial score (nSPS) is 14.0. The Morgan fingerprint density at radius 3 is 1.00 bits per heavy atom. The molecular formula is C14H10Br6N2. The number of halogens is 6. The van der Waals surface area contributed by atoms with Crippen LogP contribution in [0.5, 0.6) is 0 Å². The molecule has 0 spiro atoms. The second-order valence-electron chi connectivity index (χ2n) is 4.62. The van der Waals surface area contributed by atoms with Gasteiger partial charge in [-0.05, 0) is 35.4 Å². The summed E-state index contributed by atoms with van der Waals surface area (Å²) >= 11 is 21.2. The summed E-state index contributed by atoms with van der Waals surface area (Å²) in [5, 5.41) is 0. The van der Waals surface area contributed by atoms with Crippen LogP contribution >= 0.6 is 95.6 Å². The van der Waals surface area contributed by atoms with Gasteiger partial charge in [0, 0.05) is 26.8 Å². The molecule has 0 heterocycles. The van der Waals surface area contributed by atoms with E-state index in [2.05, 4.69) is 95.6 Å². The third-order valence-corrected chi connectivity index (χ3v) is 6.68. The average Bonchev–Trinajstić information content (AvgIpc) is 2.35. The monoisotopic (exact) mass is 680 g/mol. The molecular weight excluding hydrogens is 676 g/mol. The summed E-state index contributed by atoms with van der Waals surface area (Å²) in [6.07, 6.45) is 0. The molecule has 2 rings (SSSR count). The molecule has 0 amide bonds. The van der Waals surface area contributed by atoms with E-state index in [1.807, 2.05) is 24.3 Å². The Balaban J connectivity index is 2.49. The van der Waals surface area contributed by atoms with Crippen LogP contribution in [0, 0.1) is 0 Å². The SMILES string of the molecule is NC(c1c(Br)cc(Br)cc1Br)C(N)c1c(Br)cc(Br)cc1Br. The van der Waals surface area contributed by atoms with E-state index in [-0.39, 0.29) is 12.1 Å². The van der Waals surface area contributed by atoms with Crippen molar-refractivity contribution < 1.29 is 0 Å². The first-order valence-electron chi connectivity index (χ1n) is 6.02. The molecule has 2 aromatic rings. The molecule has 0 fully saturated rings. The maximum absolute atomic E-state index is 6.44. The number of benzene rings is 2. The summed E-state index contributed by atoms with van der Waals surface area (Å²) in [6, 6.07) is 7.06. The second kappa shape index (κ2) is 8.08. The summed E-state index contributed by atoms with van der Waals surface area (Å²) < 4.78 is 5.53. The van der Waals surface area contributed by atoms with Crippen LogP contribution in [-0.2, 0) is 0 Å². The van der Waals surface area contributed by atoms with Crippen LogP contribution in [0.1, 0.15) is 23.2 Å². The Labute approximate surface area is 179 Å². The van der Waals surface area contributed by atoms with Crippen molar-refractivity contribution in [1.29, 1.82) is 0 Å². The third kappa shape index (κ3) is 4.25. The zero-order valence-corrected chi connectivity index (χ0v) is 20.4. The van der Waals surface area contributed by atoms with Gasteiger partial charge in [0.25, 0.3) is 0 Å². The largest absolute Gasteiger partial charge is 0.322 e. The Bertz CT molecular complexity index is 611. The predicted octanol–water partition coefficient (Wildman–Crippen LogP) is 6.96. The maximum Gasteiger partial charge on any atom is 0.0514 e. The predicted molar refractivity (Wildman–Crippen MR) is 113 cm³/mol. The first-order valence-corrected chi connectivity index (χ1v) is 10.8. The van der Waals surface area contributed by atoms with Gasteiger partial charge in [0.2, 0.25) is 0 Å². The molecule has 0 bridgehead atoms. The molecule has 118 valence electrons. The van der Waals surface area contributed by atoms with Crippen molar-refractivity contribution in [2.24, 2.45) is 11.5 Å². The lowest BCUT2D eigenvalue weighted by Gasteiger charge is -2.25. The highest BCUT2D eigenvalue weighted by Gasteiger charge is 2.25. The van der Waals surface area contributed by atoms with Crippen LogP contribution in [0.25, 0.3) is 0 Å². The molecule has 0 saturated carbocycles. The van der Waals surface area contributed by atoms with E-state index < -0.39 is 0 Å². The number of nitrogens with two attached hydrogens (primary N) is 2. The highest BCUT2D eigenvalue weighted by Crippen LogP contribution is 2.41. The molecule has 0 aliphatic heterocycles. The highest BCUT2D eigenvalue weighted by molar-refractivity contribution is 9.12. The van der Waals surface area contributed by atoms with Crippen LogP contribution < -0.4 is 11.5 Å². The quantitative estimate of drug-likeness (QED) is 0.367. The molecule has 0 saturated heterocycles. The van der Waals surface area contributed by atoms with Gasteiger partial charge in [0.05, 0.1) is 12.1 Å². The fourth-order valence-electron chi connectivity index (χ4n) is 2.10. The average molecular weight is 686 g/mol. The summed E-state index contributed by atoms with van der Waals surface area (Å²) in [5.74, 6) is 0. The van der Waals surface area contributed by atoms with Crippen LogP contribution in [-0.4, -0.2) is 0 Å². The molecule has 22 heavy (non-hydrogen) atoms. The zero-order chi connectivity index (χ0) is 16.6. The minimum atomic E-state index is -0.384. The van der Waals surface area contributed by atoms with Crippen LogP contribution in [0.3, 0.4) is 0 Å². The summed E-state index contributed by atoms with van der Waals surface area (Å²) in [6.45, 7) is 0. The Morgan fingerprint density at radius 2 is 0.773 bits per heavy atom. The molecule has 0 aromatic heterocycles. The molecule has 4 N–H and O–H groups in total. The van der Waals surface area contributed by atoms with Gasteiger partial charge in [-0.1, -0.05) is 95.6 Å². The van der Waals surface area contributed by atoms with Crippen molar-refractivity contribution in [3.05, 3.63) is 62.2 Å². The minimum absolute atomic E-state index is 0.384. The molecule has 2 aromatic carbocycles. The molecule has 2 atom stereocenters. The molecule has 2 nitrogen and oxygen atoms in total. The fraction of sp³-hybridized carbons (Fsp3) is 0.143. The van der Waals surface area contributed by atoms with Gasteiger partial charge >= 0.3 is 0 Å². The van der Waals surface area contributed by atoms with Crippen LogP contribution in [0.2, 0.25) is 0 Å². The van der Waals surface area contributed by atoms with Crippen LogP contribution in [0.15, 0.2) is 51.1 Å². The molecule has 0 radical (unpaired) electrons. The lowest BCUT2D eigenvalue weighted by molar-refractivity contribution is 0.566. The van der Waals surface area contributed by atoms with E-state index in [1.165, 1.54) is 0 Å². The Morgan fingerprint density at radius 1 is 0.545 bits per heavy atom. The first-order chi connectivity index (χ1) is 10.2. The fourth-order valence-corrected chi connectivity index (χ4v) is 7.68. The van der Waals surface area contributed by atoms with E-state index in [1.54, 1.807) is 0 Å². The van der Waals surface area contributed by atoms with Crippen molar-refractivity contribution in [3.8, 4) is 0 Å². The van der Waals surface area contributed by atoms with E-state index in [0.29, 0.717) is 0 Å². The van der Waals surface area contributed by atoms with Gasteiger partial charge in [0.15, 0.2) is 0 Å². The summed E-state index contributed by atoms with van der Waals surface area (Å²) in [4.78, 5) is 0. The van der Waals surface area contributed by atoms with E-state index in [9.17, 15) is 0 Å². The van der Waals surface area contributed by atoms with Crippen molar-refractivity contribution in [2.75, 3.05) is 0 Å². The second-order valence-corrected chi connectivity index (χ2v) is 9.87. The van der Waals surface area contributed by atoms with Gasteiger partial charge in [-0.15, -0.1) is 0 Å². The van der Waals surface area contributed by atoms with Gasteiger partial charge in [-0.3, -0.25) is 0 Å². The Hall–Kier alpha value is 1.24. The van der Waals surface area contributed by atoms with Gasteiger partial charge in [-0.25, -0.2) is 0 Å². The van der Waals surface area contributed by atoms with Crippen molar-refractivity contribution in [3.63, 3.8) is 0 Å². The first kappa shape index (κ1) is 19.6. The highest BCUT2D eigenvalue weighted by atomic mass is 79.9.